The van der Waals surface area contributed by atoms with Gasteiger partial charge in [0, 0.05) is 98.9 Å². The maximum absolute atomic E-state index is 14.7. The van der Waals surface area contributed by atoms with E-state index in [2.05, 4.69) is 80.8 Å². The van der Waals surface area contributed by atoms with E-state index in [0.717, 1.165) is 44.7 Å². The van der Waals surface area contributed by atoms with E-state index >= 15 is 0 Å². The molecule has 2 saturated heterocycles. The number of pyridine rings is 1. The average Bonchev–Trinajstić information content (AvgIpc) is 3.90. The largest absolute Gasteiger partial charge is 0.464 e. The summed E-state index contributed by atoms with van der Waals surface area (Å²) in [5, 5.41) is 8.11. The summed E-state index contributed by atoms with van der Waals surface area (Å²) in [4.78, 5) is 83.9. The molecular weight excluding hydrogens is 883 g/mol. The third-order valence-corrected chi connectivity index (χ3v) is 14.0. The first kappa shape index (κ1) is 50.2. The zero-order chi connectivity index (χ0) is 49.2. The highest BCUT2D eigenvalue weighted by molar-refractivity contribution is 7.10. The maximum atomic E-state index is 14.7. The SMILES string of the molecule is C=CC(=O)N1CCN(C(=O)N(C)[C@H](C(=O)N[C@H]2Cc3nc(cs3)-c3ccc4c(c3)c(c(-c3cccnc3[C@H](C)OC)n4CC(C)(C)C)CC(C)(C)COC(=O)[C@@H]3CCCN(N3)C2=O)C(C)C)CC1. The number of carbonyl (C=O) groups excluding carboxylic acids is 5. The number of piperazine rings is 1. The monoisotopic (exact) mass is 952 g/mol. The summed E-state index contributed by atoms with van der Waals surface area (Å²) in [6.07, 6.45) is 4.42. The van der Waals surface area contributed by atoms with Gasteiger partial charge in [-0.15, -0.1) is 11.3 Å². The molecule has 4 atom stereocenters. The average molecular weight is 952 g/mol. The zero-order valence-corrected chi connectivity index (χ0v) is 42.2. The van der Waals surface area contributed by atoms with Gasteiger partial charge in [0.2, 0.25) is 11.8 Å². The number of hydrogen-bond acceptors (Lipinski definition) is 11. The lowest BCUT2D eigenvalue weighted by Gasteiger charge is -2.39. The number of hydrazine groups is 1. The van der Waals surface area contributed by atoms with Crippen molar-refractivity contribution >= 4 is 52.0 Å². The second kappa shape index (κ2) is 20.5. The molecule has 3 aliphatic heterocycles. The van der Waals surface area contributed by atoms with Crippen LogP contribution in [-0.2, 0) is 48.0 Å². The minimum absolute atomic E-state index is 0.0690. The van der Waals surface area contributed by atoms with E-state index in [1.807, 2.05) is 32.2 Å². The van der Waals surface area contributed by atoms with Crippen LogP contribution >= 0.6 is 11.3 Å². The van der Waals surface area contributed by atoms with Gasteiger partial charge >= 0.3 is 12.0 Å². The van der Waals surface area contributed by atoms with Crippen molar-refractivity contribution in [3.63, 3.8) is 0 Å². The van der Waals surface area contributed by atoms with Crippen molar-refractivity contribution in [1.82, 2.24) is 45.0 Å². The molecule has 0 radical (unpaired) electrons. The molecule has 4 aromatic rings. The number of hydrogen-bond donors (Lipinski definition) is 2. The molecule has 7 rings (SSSR count). The van der Waals surface area contributed by atoms with E-state index in [1.54, 1.807) is 30.2 Å². The smallest absolute Gasteiger partial charge is 0.324 e. The number of benzene rings is 1. The van der Waals surface area contributed by atoms with E-state index in [0.29, 0.717) is 63.5 Å². The van der Waals surface area contributed by atoms with Crippen molar-refractivity contribution in [2.75, 3.05) is 53.5 Å². The van der Waals surface area contributed by atoms with Crippen LogP contribution in [0.15, 0.2) is 54.6 Å². The fourth-order valence-corrected chi connectivity index (χ4v) is 10.5. The molecule has 68 heavy (non-hydrogen) atoms. The van der Waals surface area contributed by atoms with Gasteiger partial charge in [0.1, 0.15) is 18.1 Å². The van der Waals surface area contributed by atoms with Crippen LogP contribution < -0.4 is 10.7 Å². The van der Waals surface area contributed by atoms with Crippen LogP contribution in [0.3, 0.4) is 0 Å². The topological polar surface area (TPSA) is 172 Å². The molecule has 1 aromatic carbocycles. The summed E-state index contributed by atoms with van der Waals surface area (Å²) in [6.45, 7) is 22.6. The van der Waals surface area contributed by atoms with Gasteiger partial charge in [0.25, 0.3) is 5.91 Å². The molecule has 0 saturated carbocycles. The highest BCUT2D eigenvalue weighted by atomic mass is 32.1. The van der Waals surface area contributed by atoms with Crippen LogP contribution in [-0.4, -0.2) is 136 Å². The van der Waals surface area contributed by atoms with E-state index in [4.69, 9.17) is 19.4 Å². The van der Waals surface area contributed by atoms with Crippen molar-refractivity contribution < 1.29 is 33.4 Å². The number of aromatic nitrogens is 3. The number of methoxy groups -OCH3 is 1. The summed E-state index contributed by atoms with van der Waals surface area (Å²) in [7, 11) is 3.28. The number of nitrogens with zero attached hydrogens (tertiary/aromatic N) is 7. The molecule has 16 nitrogen and oxygen atoms in total. The number of thiazole rings is 1. The molecular formula is C51H69N9O7S. The first-order chi connectivity index (χ1) is 32.2. The quantitative estimate of drug-likeness (QED) is 0.137. The summed E-state index contributed by atoms with van der Waals surface area (Å²) in [5.41, 5.74) is 9.16. The van der Waals surface area contributed by atoms with E-state index < -0.39 is 41.3 Å². The van der Waals surface area contributed by atoms with Crippen LogP contribution in [0.4, 0.5) is 4.79 Å². The van der Waals surface area contributed by atoms with Crippen molar-refractivity contribution in [3.8, 4) is 22.5 Å². The van der Waals surface area contributed by atoms with E-state index in [9.17, 15) is 24.0 Å². The summed E-state index contributed by atoms with van der Waals surface area (Å²) >= 11 is 1.41. The standard InChI is InChI=1S/C51H69N9O7S/c1-12-42(61)57-21-23-58(24-22-57)49(65)56(10)44(31(2)3)46(62)54-38-26-41-53-39(28-68-41)33-17-18-40-35(25-33)36(27-51(8,9)30-67-48(64)37-16-14-20-60(55-37)47(38)63)45(59(40)29-50(5,6)7)34-15-13-19-52-43(34)32(4)66-11/h12-13,15,17-19,25,28,31-32,37-38,44,55H,1,14,16,20-24,26-27,29-30H2,2-11H3,(H,54,62)/t32-,37-,38-,44-/m0/s1. The Morgan fingerprint density at radius 2 is 1.81 bits per heavy atom. The highest BCUT2D eigenvalue weighted by Gasteiger charge is 2.39. The van der Waals surface area contributed by atoms with Gasteiger partial charge in [-0.2, -0.15) is 0 Å². The predicted molar refractivity (Wildman–Crippen MR) is 263 cm³/mol. The normalized spacial score (nSPS) is 20.1. The Bertz CT molecular complexity index is 2540. The highest BCUT2D eigenvalue weighted by Crippen LogP contribution is 2.43. The second-order valence-electron chi connectivity index (χ2n) is 20.8. The maximum Gasteiger partial charge on any atom is 0.324 e. The molecule has 366 valence electrons. The second-order valence-corrected chi connectivity index (χ2v) is 21.7. The minimum atomic E-state index is -1.09. The Morgan fingerprint density at radius 1 is 1.09 bits per heavy atom. The number of amides is 5. The number of esters is 1. The Kier molecular flexibility index (Phi) is 15.2. The molecule has 17 heteroatoms. The van der Waals surface area contributed by atoms with Gasteiger partial charge in [0.15, 0.2) is 0 Å². The molecule has 0 spiro atoms. The lowest BCUT2D eigenvalue weighted by Crippen LogP contribution is -2.63. The summed E-state index contributed by atoms with van der Waals surface area (Å²) in [5.74, 6) is -1.89. The molecule has 6 bridgehead atoms. The number of carbonyl (C=O) groups is 5. The fourth-order valence-electron chi connectivity index (χ4n) is 9.65. The van der Waals surface area contributed by atoms with E-state index in [1.165, 1.54) is 27.3 Å². The van der Waals surface area contributed by atoms with Crippen LogP contribution in [0.25, 0.3) is 33.4 Å². The number of likely N-dealkylation sites (N-methyl/N-ethyl adjacent to an activating group) is 1. The number of fused-ring (bicyclic) bond motifs is 6. The van der Waals surface area contributed by atoms with Gasteiger partial charge in [-0.25, -0.2) is 15.2 Å². The van der Waals surface area contributed by atoms with Gasteiger partial charge in [-0.3, -0.25) is 29.2 Å². The molecule has 5 amide bonds. The molecule has 6 heterocycles. The lowest BCUT2D eigenvalue weighted by atomic mass is 9.84. The van der Waals surface area contributed by atoms with Gasteiger partial charge in [-0.1, -0.05) is 61.1 Å². The van der Waals surface area contributed by atoms with Gasteiger partial charge in [0.05, 0.1) is 34.8 Å². The number of nitrogens with one attached hydrogen (secondary N) is 2. The molecule has 2 fully saturated rings. The van der Waals surface area contributed by atoms with Crippen LogP contribution in [0.2, 0.25) is 0 Å². The first-order valence-corrected chi connectivity index (χ1v) is 24.6. The predicted octanol–water partition coefficient (Wildman–Crippen LogP) is 6.64. The molecule has 3 aliphatic rings. The fraction of sp³-hybridized carbons (Fsp3) is 0.549. The van der Waals surface area contributed by atoms with Gasteiger partial charge < -0.3 is 34.1 Å². The summed E-state index contributed by atoms with van der Waals surface area (Å²) in [6, 6.07) is 7.34. The molecule has 0 unspecified atom stereocenters. The number of cyclic esters (lactones) is 1. The molecule has 3 aromatic heterocycles. The Morgan fingerprint density at radius 3 is 2.49 bits per heavy atom. The lowest BCUT2D eigenvalue weighted by molar-refractivity contribution is -0.155. The molecule has 2 N–H and O–H groups in total. The Labute approximate surface area is 404 Å². The third kappa shape index (κ3) is 10.9. The third-order valence-electron chi connectivity index (χ3n) is 13.1. The summed E-state index contributed by atoms with van der Waals surface area (Å²) < 4.78 is 14.4. The van der Waals surface area contributed by atoms with Crippen molar-refractivity contribution in [2.45, 2.75) is 112 Å². The van der Waals surface area contributed by atoms with E-state index in [-0.39, 0.29) is 42.4 Å². The first-order valence-electron chi connectivity index (χ1n) is 23.8. The van der Waals surface area contributed by atoms with Gasteiger partial charge in [-0.05, 0) is 73.4 Å². The number of rotatable bonds is 9. The zero-order valence-electron chi connectivity index (χ0n) is 41.4. The minimum Gasteiger partial charge on any atom is -0.464 e. The van der Waals surface area contributed by atoms with Crippen molar-refractivity contribution in [1.29, 1.82) is 0 Å². The van der Waals surface area contributed by atoms with Crippen LogP contribution in [0, 0.1) is 16.7 Å². The van der Waals surface area contributed by atoms with Crippen LogP contribution in [0.1, 0.15) is 90.6 Å². The Hall–Kier alpha value is -5.65. The molecule has 0 aliphatic carbocycles. The number of ether oxygens (including phenoxy) is 2. The Balaban J connectivity index is 1.28. The number of urea groups is 1. The van der Waals surface area contributed by atoms with Crippen LogP contribution in [0.5, 0.6) is 0 Å². The van der Waals surface area contributed by atoms with Crippen molar-refractivity contribution in [2.24, 2.45) is 16.7 Å². The van der Waals surface area contributed by atoms with Crippen molar-refractivity contribution in [3.05, 3.63) is 70.8 Å².